The summed E-state index contributed by atoms with van der Waals surface area (Å²) in [4.78, 5) is 52.3. The Hall–Kier alpha value is -2.54. The van der Waals surface area contributed by atoms with Crippen LogP contribution in [0.15, 0.2) is 4.99 Å². The third kappa shape index (κ3) is 8.52. The molecular formula is C29H50BN5O7. The first-order valence-electron chi connectivity index (χ1n) is 15.5. The third-order valence-corrected chi connectivity index (χ3v) is 9.63. The van der Waals surface area contributed by atoms with E-state index in [-0.39, 0.29) is 59.8 Å². The Morgan fingerprint density at radius 2 is 1.83 bits per heavy atom. The molecule has 236 valence electrons. The number of Topliss-reactive ketones (excluding diaryl/α,β-unsaturated/α-hetero) is 2. The molecule has 4 N–H and O–H groups in total. The average molecular weight is 592 g/mol. The number of nitro groups is 1. The second-order valence-electron chi connectivity index (χ2n) is 13.7. The van der Waals surface area contributed by atoms with Crippen LogP contribution in [-0.4, -0.2) is 59.8 Å². The number of ketones is 2. The van der Waals surface area contributed by atoms with E-state index >= 15 is 0 Å². The van der Waals surface area contributed by atoms with Crippen molar-refractivity contribution in [2.24, 2.45) is 39.8 Å². The van der Waals surface area contributed by atoms with Crippen LogP contribution in [0.3, 0.4) is 0 Å². The van der Waals surface area contributed by atoms with Gasteiger partial charge >= 0.3 is 7.12 Å². The molecule has 1 saturated heterocycles. The van der Waals surface area contributed by atoms with E-state index in [2.05, 4.69) is 44.9 Å². The molecule has 0 aromatic heterocycles. The normalized spacial score (nSPS) is 27.5. The summed E-state index contributed by atoms with van der Waals surface area (Å²) in [6.07, 6.45) is 5.57. The third-order valence-electron chi connectivity index (χ3n) is 9.63. The first-order chi connectivity index (χ1) is 19.6. The fourth-order valence-corrected chi connectivity index (χ4v) is 7.18. The van der Waals surface area contributed by atoms with Crippen molar-refractivity contribution < 1.29 is 28.7 Å². The van der Waals surface area contributed by atoms with Gasteiger partial charge in [-0.2, -0.15) is 0 Å². The molecule has 1 amide bonds. The molecule has 1 aliphatic heterocycles. The van der Waals surface area contributed by atoms with Crippen LogP contribution in [0.25, 0.3) is 0 Å². The van der Waals surface area contributed by atoms with Crippen molar-refractivity contribution in [2.45, 2.75) is 123 Å². The number of carbonyl (C=O) groups excluding carboxylic acids is 3. The highest BCUT2D eigenvalue weighted by atomic mass is 16.7. The first kappa shape index (κ1) is 34.0. The number of unbranched alkanes of at least 4 members (excludes halogenated alkanes) is 1. The summed E-state index contributed by atoms with van der Waals surface area (Å²) >= 11 is 0. The van der Waals surface area contributed by atoms with Gasteiger partial charge in [0.25, 0.3) is 5.96 Å². The number of hydrogen-bond acceptors (Lipinski definition) is 8. The molecule has 2 bridgehead atoms. The Labute approximate surface area is 250 Å². The molecule has 0 radical (unpaired) electrons. The highest BCUT2D eigenvalue weighted by molar-refractivity contribution is 6.47. The van der Waals surface area contributed by atoms with Crippen LogP contribution in [0.1, 0.15) is 106 Å². The van der Waals surface area contributed by atoms with Gasteiger partial charge in [-0.25, -0.2) is 15.1 Å². The molecule has 1 heterocycles. The summed E-state index contributed by atoms with van der Waals surface area (Å²) < 4.78 is 13.2. The van der Waals surface area contributed by atoms with E-state index in [9.17, 15) is 24.5 Å². The van der Waals surface area contributed by atoms with Gasteiger partial charge in [0.15, 0.2) is 5.03 Å². The number of nitrogens with zero attached hydrogens (tertiary/aromatic N) is 2. The van der Waals surface area contributed by atoms with E-state index in [0.29, 0.717) is 56.8 Å². The van der Waals surface area contributed by atoms with E-state index < -0.39 is 23.7 Å². The van der Waals surface area contributed by atoms with Crippen LogP contribution in [0, 0.1) is 39.2 Å². The van der Waals surface area contributed by atoms with Crippen molar-refractivity contribution in [1.29, 1.82) is 0 Å². The summed E-state index contributed by atoms with van der Waals surface area (Å²) in [5, 5.41) is 12.9. The maximum absolute atomic E-state index is 13.7. The fourth-order valence-electron chi connectivity index (χ4n) is 7.18. The van der Waals surface area contributed by atoms with E-state index in [1.807, 2.05) is 0 Å². The van der Waals surface area contributed by atoms with Crippen molar-refractivity contribution in [2.75, 3.05) is 6.54 Å². The molecular weight excluding hydrogens is 541 g/mol. The molecule has 42 heavy (non-hydrogen) atoms. The van der Waals surface area contributed by atoms with Crippen LogP contribution < -0.4 is 16.5 Å². The summed E-state index contributed by atoms with van der Waals surface area (Å²) in [5.74, 6) is -0.183. The van der Waals surface area contributed by atoms with Gasteiger partial charge in [-0.05, 0) is 82.0 Å². The number of hydrazine groups is 1. The first-order valence-corrected chi connectivity index (χ1v) is 15.5. The van der Waals surface area contributed by atoms with Gasteiger partial charge in [-0.1, -0.05) is 33.1 Å². The maximum atomic E-state index is 13.7. The molecule has 3 saturated carbocycles. The highest BCUT2D eigenvalue weighted by Crippen LogP contribution is 2.65. The number of hydrogen-bond donors (Lipinski definition) is 3. The van der Waals surface area contributed by atoms with Crippen LogP contribution in [-0.2, 0) is 23.7 Å². The van der Waals surface area contributed by atoms with Gasteiger partial charge in [0.05, 0.1) is 17.6 Å². The molecule has 3 aliphatic carbocycles. The smallest absolute Gasteiger partial charge is 0.404 e. The Bertz CT molecular complexity index is 1040. The van der Waals surface area contributed by atoms with Gasteiger partial charge in [-0.15, -0.1) is 0 Å². The van der Waals surface area contributed by atoms with Crippen molar-refractivity contribution >= 4 is 30.6 Å². The molecule has 4 aliphatic rings. The largest absolute Gasteiger partial charge is 0.481 e. The summed E-state index contributed by atoms with van der Waals surface area (Å²) in [5.41, 5.74) is 7.11. The molecule has 0 aromatic carbocycles. The summed E-state index contributed by atoms with van der Waals surface area (Å²) in [6, 6.07) is 0. The van der Waals surface area contributed by atoms with E-state index in [1.165, 1.54) is 6.92 Å². The number of rotatable bonds is 17. The summed E-state index contributed by atoms with van der Waals surface area (Å²) in [6.45, 7) is 12.7. The number of carbonyl (C=O) groups is 3. The zero-order chi connectivity index (χ0) is 31.2. The molecule has 0 aromatic rings. The molecule has 13 heteroatoms. The molecule has 12 nitrogen and oxygen atoms in total. The van der Waals surface area contributed by atoms with Gasteiger partial charge in [0.2, 0.25) is 5.91 Å². The zero-order valence-electron chi connectivity index (χ0n) is 26.1. The molecule has 6 atom stereocenters. The van der Waals surface area contributed by atoms with Crippen LogP contribution in [0.2, 0.25) is 0 Å². The predicted octanol–water partition coefficient (Wildman–Crippen LogP) is 3.39. The van der Waals surface area contributed by atoms with Gasteiger partial charge < -0.3 is 25.2 Å². The number of nitrogens with one attached hydrogen (secondary N) is 2. The second kappa shape index (κ2) is 14.3. The number of guanidine groups is 1. The van der Waals surface area contributed by atoms with Crippen molar-refractivity contribution in [3.05, 3.63) is 10.1 Å². The lowest BCUT2D eigenvalue weighted by Gasteiger charge is -2.64. The standard InChI is InChI=1S/C29H50BN5O7/c1-18(2)14-25(30-41-24-17-21-16-23(28(21,4)5)29(24,6)42-30)33-26(38)20(11-9-13-32-27(31)34-35(39)40)15-22(37)12-8-7-10-19(3)36/h18,20-21,23-25H,7-17H2,1-6H3,(H,33,38)(H3,31,32,34)/t20-,21-,23-,24-,25+,29+/m1/s1. The van der Waals surface area contributed by atoms with Gasteiger partial charge in [-0.3, -0.25) is 9.59 Å². The Kier molecular flexibility index (Phi) is 11.6. The molecule has 4 fully saturated rings. The summed E-state index contributed by atoms with van der Waals surface area (Å²) in [7, 11) is -0.568. The Morgan fingerprint density at radius 1 is 1.14 bits per heavy atom. The predicted molar refractivity (Wildman–Crippen MR) is 160 cm³/mol. The van der Waals surface area contributed by atoms with E-state index in [4.69, 9.17) is 15.0 Å². The molecule has 4 rings (SSSR count). The Morgan fingerprint density at radius 3 is 2.45 bits per heavy atom. The van der Waals surface area contributed by atoms with Crippen LogP contribution in [0.5, 0.6) is 0 Å². The monoisotopic (exact) mass is 591 g/mol. The van der Waals surface area contributed by atoms with Crippen LogP contribution in [0.4, 0.5) is 0 Å². The average Bonchev–Trinajstić information content (AvgIpc) is 3.24. The number of aliphatic imine (C=N–C) groups is 1. The van der Waals surface area contributed by atoms with Gasteiger partial charge in [0, 0.05) is 31.7 Å². The van der Waals surface area contributed by atoms with E-state index in [0.717, 1.165) is 12.8 Å². The quantitative estimate of drug-likeness (QED) is 0.0572. The highest BCUT2D eigenvalue weighted by Gasteiger charge is 2.68. The SMILES string of the molecule is CC(=O)CCCCC(=O)C[C@@H](CCCN=C(N)N[N+](=O)[O-])C(=O)N[C@@H](CC(C)C)B1O[C@@H]2C[C@H]3C[C@H](C3(C)C)[C@]2(C)O1. The second-order valence-corrected chi connectivity index (χ2v) is 13.7. The number of nitrogens with two attached hydrogens (primary N) is 1. The maximum Gasteiger partial charge on any atom is 0.481 e. The lowest BCUT2D eigenvalue weighted by atomic mass is 9.43. The topological polar surface area (TPSA) is 175 Å². The van der Waals surface area contributed by atoms with Gasteiger partial charge in [0.1, 0.15) is 11.6 Å². The Balaban J connectivity index is 1.67. The fraction of sp³-hybridized carbons (Fsp3) is 0.862. The minimum Gasteiger partial charge on any atom is -0.404 e. The van der Waals surface area contributed by atoms with Crippen molar-refractivity contribution in [3.8, 4) is 0 Å². The van der Waals surface area contributed by atoms with Crippen molar-refractivity contribution in [3.63, 3.8) is 0 Å². The number of amides is 1. The van der Waals surface area contributed by atoms with Crippen LogP contribution >= 0.6 is 0 Å². The molecule has 0 spiro atoms. The minimum atomic E-state index is -0.789. The lowest BCUT2D eigenvalue weighted by molar-refractivity contribution is -0.525. The van der Waals surface area contributed by atoms with E-state index in [1.54, 1.807) is 5.43 Å². The lowest BCUT2D eigenvalue weighted by Crippen LogP contribution is -2.65. The van der Waals surface area contributed by atoms with Crippen molar-refractivity contribution in [1.82, 2.24) is 10.7 Å². The zero-order valence-corrected chi connectivity index (χ0v) is 26.1. The minimum absolute atomic E-state index is 0.00527. The molecule has 0 unspecified atom stereocenters.